The van der Waals surface area contributed by atoms with Gasteiger partial charge in [-0.2, -0.15) is 0 Å². The van der Waals surface area contributed by atoms with Gasteiger partial charge in [-0.3, -0.25) is 0 Å². The van der Waals surface area contributed by atoms with Crippen LogP contribution in [0.5, 0.6) is 0 Å². The molecule has 0 aliphatic carbocycles. The van der Waals surface area contributed by atoms with Crippen LogP contribution in [0, 0.1) is 0 Å². The SMILES string of the molecule is C=C[C@H]1COC(CO)CO1. The Morgan fingerprint density at radius 3 is 2.70 bits per heavy atom. The third-order valence-corrected chi connectivity index (χ3v) is 1.46. The molecule has 1 unspecified atom stereocenters. The van der Waals surface area contributed by atoms with Gasteiger partial charge in [-0.05, 0) is 0 Å². The van der Waals surface area contributed by atoms with Crippen molar-refractivity contribution in [3.8, 4) is 0 Å². The van der Waals surface area contributed by atoms with Gasteiger partial charge in [-0.25, -0.2) is 0 Å². The molecule has 0 radical (unpaired) electrons. The summed E-state index contributed by atoms with van der Waals surface area (Å²) in [6.45, 7) is 4.57. The smallest absolute Gasteiger partial charge is 0.104 e. The molecule has 1 saturated heterocycles. The topological polar surface area (TPSA) is 38.7 Å². The maximum absolute atomic E-state index is 8.62. The molecule has 0 aromatic rings. The quantitative estimate of drug-likeness (QED) is 0.552. The predicted molar refractivity (Wildman–Crippen MR) is 36.8 cm³/mol. The van der Waals surface area contributed by atoms with Crippen LogP contribution >= 0.6 is 0 Å². The van der Waals surface area contributed by atoms with Crippen LogP contribution in [-0.4, -0.2) is 37.1 Å². The molecular formula is C7H12O3. The predicted octanol–water partition coefficient (Wildman–Crippen LogP) is -0.0513. The lowest BCUT2D eigenvalue weighted by molar-refractivity contribution is -0.129. The van der Waals surface area contributed by atoms with Crippen molar-refractivity contribution in [3.63, 3.8) is 0 Å². The molecule has 0 aromatic heterocycles. The zero-order chi connectivity index (χ0) is 7.40. The fraction of sp³-hybridized carbons (Fsp3) is 0.714. The van der Waals surface area contributed by atoms with E-state index < -0.39 is 0 Å². The van der Waals surface area contributed by atoms with Crippen LogP contribution in [0.15, 0.2) is 12.7 Å². The minimum absolute atomic E-state index is 0.00259. The van der Waals surface area contributed by atoms with E-state index in [1.807, 2.05) is 0 Å². The molecule has 1 aliphatic heterocycles. The van der Waals surface area contributed by atoms with Crippen LogP contribution in [0.2, 0.25) is 0 Å². The van der Waals surface area contributed by atoms with Gasteiger partial charge in [0.2, 0.25) is 0 Å². The molecule has 0 spiro atoms. The van der Waals surface area contributed by atoms with Gasteiger partial charge in [0.1, 0.15) is 6.10 Å². The Morgan fingerprint density at radius 1 is 1.50 bits per heavy atom. The Labute approximate surface area is 60.3 Å². The summed E-state index contributed by atoms with van der Waals surface area (Å²) < 4.78 is 10.4. The second-order valence-corrected chi connectivity index (χ2v) is 2.25. The molecule has 0 amide bonds. The third kappa shape index (κ3) is 1.80. The van der Waals surface area contributed by atoms with Crippen molar-refractivity contribution >= 4 is 0 Å². The summed E-state index contributed by atoms with van der Waals surface area (Å²) in [5, 5.41) is 8.62. The van der Waals surface area contributed by atoms with Crippen molar-refractivity contribution in [2.45, 2.75) is 12.2 Å². The second-order valence-electron chi connectivity index (χ2n) is 2.25. The molecule has 0 bridgehead atoms. The normalized spacial score (nSPS) is 33.7. The van der Waals surface area contributed by atoms with E-state index in [0.29, 0.717) is 13.2 Å². The Hall–Kier alpha value is -0.380. The molecule has 1 fully saturated rings. The first-order chi connectivity index (χ1) is 4.86. The van der Waals surface area contributed by atoms with E-state index in [-0.39, 0.29) is 18.8 Å². The van der Waals surface area contributed by atoms with Crippen molar-refractivity contribution in [1.29, 1.82) is 0 Å². The van der Waals surface area contributed by atoms with Gasteiger partial charge >= 0.3 is 0 Å². The summed E-state index contributed by atoms with van der Waals surface area (Å²) >= 11 is 0. The van der Waals surface area contributed by atoms with E-state index in [2.05, 4.69) is 6.58 Å². The lowest BCUT2D eigenvalue weighted by atomic mass is 10.3. The molecule has 3 heteroatoms. The van der Waals surface area contributed by atoms with Gasteiger partial charge in [0, 0.05) is 0 Å². The van der Waals surface area contributed by atoms with Crippen molar-refractivity contribution < 1.29 is 14.6 Å². The molecule has 0 saturated carbocycles. The van der Waals surface area contributed by atoms with Crippen molar-refractivity contribution in [3.05, 3.63) is 12.7 Å². The Morgan fingerprint density at radius 2 is 2.30 bits per heavy atom. The van der Waals surface area contributed by atoms with Crippen LogP contribution in [0.25, 0.3) is 0 Å². The van der Waals surface area contributed by atoms with E-state index in [9.17, 15) is 0 Å². The minimum atomic E-state index is -0.142. The lowest BCUT2D eigenvalue weighted by Crippen LogP contribution is -2.36. The van der Waals surface area contributed by atoms with Gasteiger partial charge in [-0.1, -0.05) is 6.08 Å². The van der Waals surface area contributed by atoms with Gasteiger partial charge in [0.15, 0.2) is 0 Å². The number of hydrogen-bond acceptors (Lipinski definition) is 3. The highest BCUT2D eigenvalue weighted by atomic mass is 16.6. The molecule has 3 nitrogen and oxygen atoms in total. The molecule has 0 aromatic carbocycles. The minimum Gasteiger partial charge on any atom is -0.394 e. The Balaban J connectivity index is 2.23. The van der Waals surface area contributed by atoms with Crippen LogP contribution < -0.4 is 0 Å². The number of aliphatic hydroxyl groups is 1. The monoisotopic (exact) mass is 144 g/mol. The zero-order valence-electron chi connectivity index (χ0n) is 5.82. The number of rotatable bonds is 2. The van der Waals surface area contributed by atoms with Gasteiger partial charge in [0.25, 0.3) is 0 Å². The largest absolute Gasteiger partial charge is 0.394 e. The highest BCUT2D eigenvalue weighted by molar-refractivity contribution is 4.82. The molecular weight excluding hydrogens is 132 g/mol. The summed E-state index contributed by atoms with van der Waals surface area (Å²) in [7, 11) is 0. The van der Waals surface area contributed by atoms with Gasteiger partial charge in [-0.15, -0.1) is 6.58 Å². The second kappa shape index (κ2) is 3.71. The fourth-order valence-corrected chi connectivity index (χ4v) is 0.800. The van der Waals surface area contributed by atoms with E-state index in [1.165, 1.54) is 0 Å². The number of hydrogen-bond donors (Lipinski definition) is 1. The average molecular weight is 144 g/mol. The first-order valence-electron chi connectivity index (χ1n) is 3.33. The van der Waals surface area contributed by atoms with Crippen molar-refractivity contribution in [1.82, 2.24) is 0 Å². The van der Waals surface area contributed by atoms with E-state index in [4.69, 9.17) is 14.6 Å². The van der Waals surface area contributed by atoms with Crippen LogP contribution in [-0.2, 0) is 9.47 Å². The van der Waals surface area contributed by atoms with E-state index >= 15 is 0 Å². The van der Waals surface area contributed by atoms with Crippen molar-refractivity contribution in [2.24, 2.45) is 0 Å². The zero-order valence-corrected chi connectivity index (χ0v) is 5.82. The van der Waals surface area contributed by atoms with E-state index in [1.54, 1.807) is 6.08 Å². The molecule has 10 heavy (non-hydrogen) atoms. The van der Waals surface area contributed by atoms with Crippen LogP contribution in [0.4, 0.5) is 0 Å². The maximum atomic E-state index is 8.62. The van der Waals surface area contributed by atoms with Crippen molar-refractivity contribution in [2.75, 3.05) is 19.8 Å². The first-order valence-corrected chi connectivity index (χ1v) is 3.33. The van der Waals surface area contributed by atoms with E-state index in [0.717, 1.165) is 0 Å². The maximum Gasteiger partial charge on any atom is 0.104 e. The highest BCUT2D eigenvalue weighted by Gasteiger charge is 2.18. The Bertz CT molecular complexity index is 105. The van der Waals surface area contributed by atoms with Crippen LogP contribution in [0.1, 0.15) is 0 Å². The number of aliphatic hydroxyl groups excluding tert-OH is 1. The van der Waals surface area contributed by atoms with Gasteiger partial charge in [0.05, 0.1) is 25.9 Å². The molecule has 1 N–H and O–H groups in total. The molecule has 2 atom stereocenters. The molecule has 1 rings (SSSR count). The first kappa shape index (κ1) is 7.72. The molecule has 1 aliphatic rings. The highest BCUT2D eigenvalue weighted by Crippen LogP contribution is 2.06. The Kier molecular flexibility index (Phi) is 2.86. The number of ether oxygens (including phenoxy) is 2. The fourth-order valence-electron chi connectivity index (χ4n) is 0.800. The standard InChI is InChI=1S/C7H12O3/c1-2-6-4-10-7(3-8)5-9-6/h2,6-8H,1,3-5H2/t6-,7?/m0/s1. The third-order valence-electron chi connectivity index (χ3n) is 1.46. The summed E-state index contributed by atoms with van der Waals surface area (Å²) in [5.74, 6) is 0. The average Bonchev–Trinajstić information content (AvgIpc) is 2.05. The summed E-state index contributed by atoms with van der Waals surface area (Å²) in [6.07, 6.45) is 1.56. The summed E-state index contributed by atoms with van der Waals surface area (Å²) in [4.78, 5) is 0. The van der Waals surface area contributed by atoms with Crippen LogP contribution in [0.3, 0.4) is 0 Å². The molecule has 58 valence electrons. The molecule has 1 heterocycles. The summed E-state index contributed by atoms with van der Waals surface area (Å²) in [6, 6.07) is 0. The summed E-state index contributed by atoms with van der Waals surface area (Å²) in [5.41, 5.74) is 0. The lowest BCUT2D eigenvalue weighted by Gasteiger charge is -2.26. The van der Waals surface area contributed by atoms with Gasteiger partial charge < -0.3 is 14.6 Å².